The van der Waals surface area contributed by atoms with Gasteiger partial charge in [0, 0.05) is 13.1 Å². The minimum absolute atomic E-state index is 0.223. The van der Waals surface area contributed by atoms with Crippen LogP contribution in [-0.4, -0.2) is 5.11 Å². The predicted molar refractivity (Wildman–Crippen MR) is 69.8 cm³/mol. The van der Waals surface area contributed by atoms with Gasteiger partial charge in [-0.2, -0.15) is 5.26 Å². The molecule has 0 atom stereocenters. The first-order valence-electron chi connectivity index (χ1n) is 5.86. The lowest BCUT2D eigenvalue weighted by atomic mass is 10.1. The van der Waals surface area contributed by atoms with Crippen LogP contribution in [0.5, 0.6) is 5.75 Å². The number of rotatable bonds is 4. The molecule has 0 bridgehead atoms. The van der Waals surface area contributed by atoms with E-state index in [1.807, 2.05) is 6.07 Å². The van der Waals surface area contributed by atoms with Crippen molar-refractivity contribution in [3.8, 4) is 11.8 Å². The summed E-state index contributed by atoms with van der Waals surface area (Å²) in [6.07, 6.45) is 0. The maximum absolute atomic E-state index is 13.1. The third-order valence-corrected chi connectivity index (χ3v) is 2.77. The summed E-state index contributed by atoms with van der Waals surface area (Å²) in [5.74, 6) is -0.124. The first-order chi connectivity index (χ1) is 9.19. The van der Waals surface area contributed by atoms with Crippen molar-refractivity contribution in [1.29, 1.82) is 5.26 Å². The normalized spacial score (nSPS) is 10.1. The molecule has 0 amide bonds. The van der Waals surface area contributed by atoms with Gasteiger partial charge >= 0.3 is 0 Å². The van der Waals surface area contributed by atoms with Gasteiger partial charge in [0.2, 0.25) is 0 Å². The molecule has 0 aliphatic carbocycles. The molecule has 0 saturated heterocycles. The standard InChI is InChI=1S/C15H13FN2O/c16-14-4-3-12(8-17)13(7-14)10-18-9-11-1-5-15(19)6-2-11/h1-7,18-19H,9-10H2. The molecule has 2 rings (SSSR count). The van der Waals surface area contributed by atoms with Gasteiger partial charge in [-0.15, -0.1) is 0 Å². The van der Waals surface area contributed by atoms with Crippen molar-refractivity contribution < 1.29 is 9.50 Å². The topological polar surface area (TPSA) is 56.0 Å². The molecule has 2 N–H and O–H groups in total. The molecule has 0 aliphatic rings. The van der Waals surface area contributed by atoms with E-state index >= 15 is 0 Å². The Morgan fingerprint density at radius 3 is 2.53 bits per heavy atom. The highest BCUT2D eigenvalue weighted by atomic mass is 19.1. The van der Waals surface area contributed by atoms with Crippen LogP contribution in [0.15, 0.2) is 42.5 Å². The summed E-state index contributed by atoms with van der Waals surface area (Å²) in [6.45, 7) is 1.00. The number of phenolic OH excluding ortho intramolecular Hbond substituents is 1. The van der Waals surface area contributed by atoms with Crippen LogP contribution in [0.3, 0.4) is 0 Å². The highest BCUT2D eigenvalue weighted by molar-refractivity contribution is 5.37. The number of nitrogens with zero attached hydrogens (tertiary/aromatic N) is 1. The zero-order chi connectivity index (χ0) is 13.7. The Bertz CT molecular complexity index is 603. The molecule has 3 nitrogen and oxygen atoms in total. The molecule has 0 radical (unpaired) electrons. The fraction of sp³-hybridized carbons (Fsp3) is 0.133. The van der Waals surface area contributed by atoms with E-state index in [9.17, 15) is 4.39 Å². The Morgan fingerprint density at radius 1 is 1.11 bits per heavy atom. The molecular weight excluding hydrogens is 243 g/mol. The Labute approximate surface area is 110 Å². The van der Waals surface area contributed by atoms with Crippen molar-refractivity contribution >= 4 is 0 Å². The van der Waals surface area contributed by atoms with Crippen molar-refractivity contribution in [2.45, 2.75) is 13.1 Å². The minimum atomic E-state index is -0.347. The Kier molecular flexibility index (Phi) is 4.11. The number of benzene rings is 2. The van der Waals surface area contributed by atoms with Crippen LogP contribution in [-0.2, 0) is 13.1 Å². The van der Waals surface area contributed by atoms with Gasteiger partial charge in [-0.3, -0.25) is 0 Å². The summed E-state index contributed by atoms with van der Waals surface area (Å²) < 4.78 is 13.1. The van der Waals surface area contributed by atoms with Crippen LogP contribution >= 0.6 is 0 Å². The monoisotopic (exact) mass is 256 g/mol. The molecule has 19 heavy (non-hydrogen) atoms. The van der Waals surface area contributed by atoms with Crippen LogP contribution in [0.1, 0.15) is 16.7 Å². The largest absolute Gasteiger partial charge is 0.508 e. The lowest BCUT2D eigenvalue weighted by Gasteiger charge is -2.07. The van der Waals surface area contributed by atoms with Crippen molar-refractivity contribution in [2.75, 3.05) is 0 Å². The second-order valence-corrected chi connectivity index (χ2v) is 4.18. The molecule has 4 heteroatoms. The Balaban J connectivity index is 1.98. The molecule has 2 aromatic carbocycles. The molecule has 0 fully saturated rings. The zero-order valence-electron chi connectivity index (χ0n) is 10.2. The van der Waals surface area contributed by atoms with E-state index in [1.54, 1.807) is 24.3 Å². The molecule has 0 unspecified atom stereocenters. The van der Waals surface area contributed by atoms with Gasteiger partial charge in [-0.1, -0.05) is 12.1 Å². The smallest absolute Gasteiger partial charge is 0.123 e. The van der Waals surface area contributed by atoms with Gasteiger partial charge in [0.1, 0.15) is 11.6 Å². The van der Waals surface area contributed by atoms with E-state index < -0.39 is 0 Å². The molecule has 0 aliphatic heterocycles. The van der Waals surface area contributed by atoms with Crippen molar-refractivity contribution in [1.82, 2.24) is 5.32 Å². The highest BCUT2D eigenvalue weighted by Crippen LogP contribution is 2.12. The van der Waals surface area contributed by atoms with Gasteiger partial charge in [0.05, 0.1) is 11.6 Å². The summed E-state index contributed by atoms with van der Waals surface area (Å²) in [7, 11) is 0. The van der Waals surface area contributed by atoms with Crippen molar-refractivity contribution in [3.63, 3.8) is 0 Å². The van der Waals surface area contributed by atoms with Gasteiger partial charge < -0.3 is 10.4 Å². The number of hydrogen-bond acceptors (Lipinski definition) is 3. The van der Waals surface area contributed by atoms with Crippen LogP contribution in [0.25, 0.3) is 0 Å². The molecule has 0 heterocycles. The van der Waals surface area contributed by atoms with Crippen LogP contribution in [0.4, 0.5) is 4.39 Å². The first-order valence-corrected chi connectivity index (χ1v) is 5.86. The van der Waals surface area contributed by atoms with E-state index in [2.05, 4.69) is 5.32 Å². The molecule has 2 aromatic rings. The lowest BCUT2D eigenvalue weighted by Crippen LogP contribution is -2.13. The third kappa shape index (κ3) is 3.54. The summed E-state index contributed by atoms with van der Waals surface area (Å²) in [5, 5.41) is 21.2. The molecular formula is C15H13FN2O. The van der Waals surface area contributed by atoms with Gasteiger partial charge in [-0.05, 0) is 41.5 Å². The Morgan fingerprint density at radius 2 is 1.84 bits per heavy atom. The number of aromatic hydroxyl groups is 1. The fourth-order valence-electron chi connectivity index (χ4n) is 1.77. The number of nitriles is 1. The predicted octanol–water partition coefficient (Wildman–Crippen LogP) is 2.69. The van der Waals surface area contributed by atoms with E-state index in [4.69, 9.17) is 10.4 Å². The first kappa shape index (κ1) is 13.1. The summed E-state index contributed by atoms with van der Waals surface area (Å²) >= 11 is 0. The van der Waals surface area contributed by atoms with Gasteiger partial charge in [0.25, 0.3) is 0 Å². The van der Waals surface area contributed by atoms with Crippen LogP contribution in [0, 0.1) is 17.1 Å². The molecule has 96 valence electrons. The summed E-state index contributed by atoms with van der Waals surface area (Å²) in [4.78, 5) is 0. The summed E-state index contributed by atoms with van der Waals surface area (Å²) in [6, 6.07) is 13.0. The SMILES string of the molecule is N#Cc1ccc(F)cc1CNCc1ccc(O)cc1. The second kappa shape index (κ2) is 5.98. The lowest BCUT2D eigenvalue weighted by molar-refractivity contribution is 0.475. The maximum atomic E-state index is 13.1. The van der Waals surface area contributed by atoms with E-state index in [0.717, 1.165) is 5.56 Å². The van der Waals surface area contributed by atoms with Gasteiger partial charge in [0.15, 0.2) is 0 Å². The zero-order valence-corrected chi connectivity index (χ0v) is 10.2. The van der Waals surface area contributed by atoms with Gasteiger partial charge in [-0.25, -0.2) is 4.39 Å². The molecule has 0 spiro atoms. The molecule has 0 aromatic heterocycles. The number of hydrogen-bond donors (Lipinski definition) is 2. The number of phenols is 1. The average molecular weight is 256 g/mol. The second-order valence-electron chi connectivity index (χ2n) is 4.18. The minimum Gasteiger partial charge on any atom is -0.508 e. The fourth-order valence-corrected chi connectivity index (χ4v) is 1.77. The third-order valence-electron chi connectivity index (χ3n) is 2.77. The number of nitrogens with one attached hydrogen (secondary N) is 1. The van der Waals surface area contributed by atoms with E-state index in [-0.39, 0.29) is 11.6 Å². The quantitative estimate of drug-likeness (QED) is 0.884. The van der Waals surface area contributed by atoms with Crippen molar-refractivity contribution in [2.24, 2.45) is 0 Å². The molecule has 0 saturated carbocycles. The Hall–Kier alpha value is -2.38. The summed E-state index contributed by atoms with van der Waals surface area (Å²) in [5.41, 5.74) is 2.12. The maximum Gasteiger partial charge on any atom is 0.123 e. The van der Waals surface area contributed by atoms with Crippen LogP contribution < -0.4 is 5.32 Å². The number of halogens is 1. The average Bonchev–Trinajstić information content (AvgIpc) is 2.41. The van der Waals surface area contributed by atoms with Crippen molar-refractivity contribution in [3.05, 3.63) is 65.0 Å². The van der Waals surface area contributed by atoms with Crippen LogP contribution in [0.2, 0.25) is 0 Å². The van der Waals surface area contributed by atoms with E-state index in [0.29, 0.717) is 24.2 Å². The van der Waals surface area contributed by atoms with E-state index in [1.165, 1.54) is 18.2 Å². The highest BCUT2D eigenvalue weighted by Gasteiger charge is 2.03.